The standard InChI is InChI=1S/C34H31F2N5O/c1-41-15-13-21(14-16-41)20-7-9-22(10-8-20)25-19-26(34-37-27-5-3-4-6-28(27)38-34)31-29(39-40-33(31)32(25)36)18-23-17-24(35)11-12-30(23)42-2/h3-12,17,19,21H,13-16,18H2,1-2H3,(H,37,38)(H,39,40). The van der Waals surface area contributed by atoms with Crippen molar-refractivity contribution in [3.05, 3.63) is 101 Å². The largest absolute Gasteiger partial charge is 0.496 e. The number of benzene rings is 4. The van der Waals surface area contributed by atoms with Gasteiger partial charge in [-0.25, -0.2) is 13.8 Å². The molecule has 2 aromatic heterocycles. The number of aromatic amines is 2. The third-order valence-electron chi connectivity index (χ3n) is 8.51. The molecule has 0 atom stereocenters. The Bertz CT molecular complexity index is 1870. The van der Waals surface area contributed by atoms with Gasteiger partial charge in [0, 0.05) is 28.5 Å². The Balaban J connectivity index is 1.36. The lowest BCUT2D eigenvalue weighted by atomic mass is 9.88. The maximum absolute atomic E-state index is 16.3. The molecular formula is C34H31F2N5O. The van der Waals surface area contributed by atoms with Crippen molar-refractivity contribution in [2.75, 3.05) is 27.2 Å². The van der Waals surface area contributed by atoms with Crippen LogP contribution >= 0.6 is 0 Å². The Labute approximate surface area is 242 Å². The van der Waals surface area contributed by atoms with Crippen LogP contribution < -0.4 is 4.74 Å². The lowest BCUT2D eigenvalue weighted by Crippen LogP contribution is -2.29. The molecule has 4 aromatic carbocycles. The summed E-state index contributed by atoms with van der Waals surface area (Å²) in [5.41, 5.74) is 6.43. The van der Waals surface area contributed by atoms with Crippen LogP contribution in [0.4, 0.5) is 8.78 Å². The molecule has 1 fully saturated rings. The normalized spacial score (nSPS) is 14.7. The number of hydrogen-bond donors (Lipinski definition) is 2. The van der Waals surface area contributed by atoms with E-state index in [1.807, 2.05) is 42.5 Å². The number of likely N-dealkylation sites (tertiary alicyclic amines) is 1. The number of aromatic nitrogens is 4. The van der Waals surface area contributed by atoms with E-state index in [1.165, 1.54) is 17.7 Å². The summed E-state index contributed by atoms with van der Waals surface area (Å²) < 4.78 is 36.0. The van der Waals surface area contributed by atoms with E-state index in [0.29, 0.717) is 39.7 Å². The molecule has 0 amide bonds. The van der Waals surface area contributed by atoms with Crippen molar-refractivity contribution in [3.8, 4) is 28.3 Å². The number of fused-ring (bicyclic) bond motifs is 2. The van der Waals surface area contributed by atoms with Crippen LogP contribution in [0.2, 0.25) is 0 Å². The molecule has 8 heteroatoms. The predicted molar refractivity (Wildman–Crippen MR) is 162 cm³/mol. The zero-order chi connectivity index (χ0) is 28.8. The Morgan fingerprint density at radius 3 is 2.50 bits per heavy atom. The molecule has 7 rings (SSSR count). The zero-order valence-corrected chi connectivity index (χ0v) is 23.5. The van der Waals surface area contributed by atoms with Crippen LogP contribution in [-0.2, 0) is 6.42 Å². The molecule has 6 aromatic rings. The van der Waals surface area contributed by atoms with Gasteiger partial charge in [0.05, 0.1) is 23.8 Å². The van der Waals surface area contributed by atoms with E-state index in [1.54, 1.807) is 13.2 Å². The van der Waals surface area contributed by atoms with Gasteiger partial charge in [-0.1, -0.05) is 36.4 Å². The van der Waals surface area contributed by atoms with E-state index >= 15 is 4.39 Å². The number of rotatable bonds is 6. The van der Waals surface area contributed by atoms with Crippen LogP contribution in [0.25, 0.3) is 44.5 Å². The van der Waals surface area contributed by atoms with E-state index < -0.39 is 0 Å². The number of H-pyrrole nitrogens is 2. The van der Waals surface area contributed by atoms with Gasteiger partial charge in [0.2, 0.25) is 0 Å². The molecule has 0 bridgehead atoms. The van der Waals surface area contributed by atoms with E-state index in [4.69, 9.17) is 9.72 Å². The van der Waals surface area contributed by atoms with E-state index in [9.17, 15) is 4.39 Å². The van der Waals surface area contributed by atoms with Gasteiger partial charge in [0.25, 0.3) is 0 Å². The van der Waals surface area contributed by atoms with Crippen LogP contribution in [0.3, 0.4) is 0 Å². The molecule has 212 valence electrons. The highest BCUT2D eigenvalue weighted by Crippen LogP contribution is 2.39. The van der Waals surface area contributed by atoms with Gasteiger partial charge < -0.3 is 14.6 Å². The molecule has 3 heterocycles. The van der Waals surface area contributed by atoms with Gasteiger partial charge >= 0.3 is 0 Å². The Kier molecular flexibility index (Phi) is 6.70. The molecule has 0 unspecified atom stereocenters. The molecule has 0 aliphatic carbocycles. The quantitative estimate of drug-likeness (QED) is 0.221. The molecular weight excluding hydrogens is 532 g/mol. The first-order valence-corrected chi connectivity index (χ1v) is 14.2. The predicted octanol–water partition coefficient (Wildman–Crippen LogP) is 7.46. The molecule has 0 radical (unpaired) electrons. The topological polar surface area (TPSA) is 69.8 Å². The summed E-state index contributed by atoms with van der Waals surface area (Å²) in [6.45, 7) is 2.17. The van der Waals surface area contributed by atoms with Crippen molar-refractivity contribution >= 4 is 21.9 Å². The summed E-state index contributed by atoms with van der Waals surface area (Å²) >= 11 is 0. The lowest BCUT2D eigenvalue weighted by molar-refractivity contribution is 0.255. The van der Waals surface area contributed by atoms with Crippen LogP contribution in [0, 0.1) is 11.6 Å². The zero-order valence-electron chi connectivity index (χ0n) is 23.5. The number of piperidine rings is 1. The first kappa shape index (κ1) is 26.3. The van der Waals surface area contributed by atoms with E-state index in [-0.39, 0.29) is 23.6 Å². The third-order valence-corrected chi connectivity index (χ3v) is 8.51. The summed E-state index contributed by atoms with van der Waals surface area (Å²) in [7, 11) is 3.70. The highest BCUT2D eigenvalue weighted by molar-refractivity contribution is 6.00. The second-order valence-electron chi connectivity index (χ2n) is 11.1. The highest BCUT2D eigenvalue weighted by Gasteiger charge is 2.24. The average molecular weight is 564 g/mol. The van der Waals surface area contributed by atoms with E-state index in [0.717, 1.165) is 48.1 Å². The smallest absolute Gasteiger partial charge is 0.156 e. The molecule has 1 aliphatic rings. The minimum absolute atomic E-state index is 0.248. The maximum atomic E-state index is 16.3. The monoisotopic (exact) mass is 563 g/mol. The van der Waals surface area contributed by atoms with Gasteiger partial charge in [-0.05, 0) is 86.4 Å². The third kappa shape index (κ3) is 4.71. The molecule has 6 nitrogen and oxygen atoms in total. The minimum atomic E-state index is -0.387. The summed E-state index contributed by atoms with van der Waals surface area (Å²) in [4.78, 5) is 10.6. The van der Waals surface area contributed by atoms with Gasteiger partial charge in [0.15, 0.2) is 5.82 Å². The molecule has 0 spiro atoms. The summed E-state index contributed by atoms with van der Waals surface area (Å²) in [5, 5.41) is 8.07. The number of ether oxygens (including phenoxy) is 1. The number of para-hydroxylation sites is 2. The van der Waals surface area contributed by atoms with Crippen molar-refractivity contribution in [1.29, 1.82) is 0 Å². The van der Waals surface area contributed by atoms with Crippen molar-refractivity contribution in [1.82, 2.24) is 25.1 Å². The summed E-state index contributed by atoms with van der Waals surface area (Å²) in [5.74, 6) is 0.907. The van der Waals surface area contributed by atoms with Crippen molar-refractivity contribution in [2.45, 2.75) is 25.2 Å². The number of imidazole rings is 1. The second kappa shape index (κ2) is 10.7. The first-order valence-electron chi connectivity index (χ1n) is 14.2. The van der Waals surface area contributed by atoms with Gasteiger partial charge in [-0.2, -0.15) is 5.10 Å². The fourth-order valence-electron chi connectivity index (χ4n) is 6.19. The number of nitrogens with zero attached hydrogens (tertiary/aromatic N) is 3. The summed E-state index contributed by atoms with van der Waals surface area (Å²) in [6.07, 6.45) is 2.50. The molecule has 1 saturated heterocycles. The number of nitrogens with one attached hydrogen (secondary N) is 2. The van der Waals surface area contributed by atoms with E-state index in [2.05, 4.69) is 39.3 Å². The Hall–Kier alpha value is -4.56. The maximum Gasteiger partial charge on any atom is 0.156 e. The van der Waals surface area contributed by atoms with Gasteiger partial charge in [0.1, 0.15) is 22.9 Å². The Morgan fingerprint density at radius 1 is 0.952 bits per heavy atom. The molecule has 2 N–H and O–H groups in total. The summed E-state index contributed by atoms with van der Waals surface area (Å²) in [6, 6.07) is 22.3. The highest BCUT2D eigenvalue weighted by atomic mass is 19.1. The van der Waals surface area contributed by atoms with Gasteiger partial charge in [-0.15, -0.1) is 0 Å². The number of methoxy groups -OCH3 is 1. The minimum Gasteiger partial charge on any atom is -0.496 e. The average Bonchev–Trinajstić information content (AvgIpc) is 3.63. The molecule has 42 heavy (non-hydrogen) atoms. The van der Waals surface area contributed by atoms with Crippen LogP contribution in [0.15, 0.2) is 72.8 Å². The Morgan fingerprint density at radius 2 is 1.74 bits per heavy atom. The van der Waals surface area contributed by atoms with Crippen LogP contribution in [0.5, 0.6) is 5.75 Å². The lowest BCUT2D eigenvalue weighted by Gasteiger charge is -2.29. The van der Waals surface area contributed by atoms with Crippen molar-refractivity contribution < 1.29 is 13.5 Å². The second-order valence-corrected chi connectivity index (χ2v) is 11.1. The SMILES string of the molecule is COc1ccc(F)cc1Cc1n[nH]c2c(F)c(-c3ccc(C4CCN(C)CC4)cc3)cc(-c3nc4ccccc4[nH]3)c12. The molecule has 1 aliphatic heterocycles. The van der Waals surface area contributed by atoms with Crippen molar-refractivity contribution in [3.63, 3.8) is 0 Å². The molecule has 0 saturated carbocycles. The van der Waals surface area contributed by atoms with Crippen molar-refractivity contribution in [2.24, 2.45) is 0 Å². The van der Waals surface area contributed by atoms with Crippen LogP contribution in [0.1, 0.15) is 35.6 Å². The first-order chi connectivity index (χ1) is 20.5. The fourth-order valence-corrected chi connectivity index (χ4v) is 6.19. The van der Waals surface area contributed by atoms with Gasteiger partial charge in [-0.3, -0.25) is 5.10 Å². The number of halogens is 2. The fraction of sp³-hybridized carbons (Fsp3) is 0.235. The number of hydrogen-bond acceptors (Lipinski definition) is 4. The van der Waals surface area contributed by atoms with Crippen LogP contribution in [-0.4, -0.2) is 52.3 Å².